The highest BCUT2D eigenvalue weighted by Gasteiger charge is 2.05. The predicted molar refractivity (Wildman–Crippen MR) is 93.3 cm³/mol. The van der Waals surface area contributed by atoms with Crippen LogP contribution in [0.25, 0.3) is 0 Å². The van der Waals surface area contributed by atoms with Gasteiger partial charge in [0.25, 0.3) is 0 Å². The molecule has 0 spiro atoms. The van der Waals surface area contributed by atoms with Crippen LogP contribution >= 0.6 is 11.3 Å². The van der Waals surface area contributed by atoms with Crippen molar-refractivity contribution in [2.24, 2.45) is 10.7 Å². The minimum atomic E-state index is 0.394. The first kappa shape index (κ1) is 17.1. The van der Waals surface area contributed by atoms with E-state index in [9.17, 15) is 0 Å². The fraction of sp³-hybridized carbons (Fsp3) is 0.375. The molecule has 23 heavy (non-hydrogen) atoms. The summed E-state index contributed by atoms with van der Waals surface area (Å²) in [6.07, 6.45) is 0. The third-order valence-electron chi connectivity index (χ3n) is 3.37. The molecule has 0 saturated carbocycles. The first-order valence-corrected chi connectivity index (χ1v) is 8.02. The van der Waals surface area contributed by atoms with Gasteiger partial charge >= 0.3 is 0 Å². The van der Waals surface area contributed by atoms with Crippen molar-refractivity contribution in [3.63, 3.8) is 0 Å². The van der Waals surface area contributed by atoms with E-state index in [1.807, 2.05) is 25.1 Å². The number of hydrogen-bond donors (Lipinski definition) is 2. The molecule has 7 heteroatoms. The first-order valence-electron chi connectivity index (χ1n) is 7.21. The van der Waals surface area contributed by atoms with Crippen LogP contribution < -0.4 is 20.5 Å². The van der Waals surface area contributed by atoms with E-state index in [4.69, 9.17) is 15.2 Å². The lowest BCUT2D eigenvalue weighted by molar-refractivity contribution is 0.354. The maximum absolute atomic E-state index is 5.90. The van der Waals surface area contributed by atoms with Gasteiger partial charge in [0.15, 0.2) is 17.5 Å². The number of aryl methyl sites for hydroxylation is 2. The zero-order chi connectivity index (χ0) is 16.8. The first-order chi connectivity index (χ1) is 11.0. The van der Waals surface area contributed by atoms with Gasteiger partial charge in [0.1, 0.15) is 5.01 Å². The number of ether oxygens (including phenoxy) is 2. The molecule has 1 heterocycles. The van der Waals surface area contributed by atoms with Gasteiger partial charge in [-0.25, -0.2) is 9.98 Å². The van der Waals surface area contributed by atoms with Crippen molar-refractivity contribution in [1.82, 2.24) is 10.3 Å². The third kappa shape index (κ3) is 4.59. The Morgan fingerprint density at radius 3 is 2.61 bits per heavy atom. The lowest BCUT2D eigenvalue weighted by Gasteiger charge is -2.09. The number of aromatic nitrogens is 1. The highest BCUT2D eigenvalue weighted by Crippen LogP contribution is 2.27. The van der Waals surface area contributed by atoms with Crippen LogP contribution in [-0.4, -0.2) is 25.2 Å². The van der Waals surface area contributed by atoms with Crippen LogP contribution in [0.15, 0.2) is 23.2 Å². The summed E-state index contributed by atoms with van der Waals surface area (Å²) in [6.45, 7) is 5.12. The van der Waals surface area contributed by atoms with E-state index < -0.39 is 0 Å². The Morgan fingerprint density at radius 1 is 1.26 bits per heavy atom. The zero-order valence-electron chi connectivity index (χ0n) is 13.8. The Hall–Kier alpha value is -2.28. The largest absolute Gasteiger partial charge is 0.493 e. The van der Waals surface area contributed by atoms with Crippen molar-refractivity contribution in [3.8, 4) is 11.5 Å². The van der Waals surface area contributed by atoms with E-state index in [2.05, 4.69) is 22.2 Å². The van der Waals surface area contributed by atoms with Gasteiger partial charge in [-0.1, -0.05) is 6.07 Å². The number of hydrogen-bond acceptors (Lipinski definition) is 5. The number of rotatable bonds is 6. The third-order valence-corrected chi connectivity index (χ3v) is 4.45. The Labute approximate surface area is 140 Å². The van der Waals surface area contributed by atoms with Crippen molar-refractivity contribution in [2.75, 3.05) is 14.2 Å². The molecule has 6 nitrogen and oxygen atoms in total. The molecule has 0 aliphatic rings. The van der Waals surface area contributed by atoms with E-state index >= 15 is 0 Å². The smallest absolute Gasteiger partial charge is 0.189 e. The quantitative estimate of drug-likeness (QED) is 0.626. The molecule has 2 rings (SSSR count). The number of aliphatic imine (C=N–C) groups is 1. The standard InChI is InChI=1S/C16H22N4O2S/c1-10-11(2)23-15(20-10)9-19-16(17)18-8-12-5-6-13(21-3)14(7-12)22-4/h5-7H,8-9H2,1-4H3,(H3,17,18,19). The molecule has 0 aliphatic carbocycles. The molecule has 2 aromatic rings. The lowest BCUT2D eigenvalue weighted by Crippen LogP contribution is -2.31. The lowest BCUT2D eigenvalue weighted by atomic mass is 10.2. The topological polar surface area (TPSA) is 81.8 Å². The molecule has 0 saturated heterocycles. The summed E-state index contributed by atoms with van der Waals surface area (Å²) in [4.78, 5) is 10.0. The van der Waals surface area contributed by atoms with Gasteiger partial charge < -0.3 is 20.5 Å². The van der Waals surface area contributed by atoms with Crippen LogP contribution in [0.5, 0.6) is 11.5 Å². The van der Waals surface area contributed by atoms with E-state index in [0.717, 1.165) is 16.3 Å². The average molecular weight is 334 g/mol. The maximum atomic E-state index is 5.90. The Kier molecular flexibility index (Phi) is 5.81. The molecule has 3 N–H and O–H groups in total. The van der Waals surface area contributed by atoms with Crippen LogP contribution in [0.2, 0.25) is 0 Å². The fourth-order valence-electron chi connectivity index (χ4n) is 1.99. The van der Waals surface area contributed by atoms with Gasteiger partial charge in [0.2, 0.25) is 0 Å². The van der Waals surface area contributed by atoms with Crippen LogP contribution in [0.3, 0.4) is 0 Å². The molecule has 0 atom stereocenters. The summed E-state index contributed by atoms with van der Waals surface area (Å²) < 4.78 is 10.5. The van der Waals surface area contributed by atoms with E-state index in [0.29, 0.717) is 30.5 Å². The predicted octanol–water partition coefficient (Wildman–Crippen LogP) is 2.38. The number of thiazole rings is 1. The highest BCUT2D eigenvalue weighted by atomic mass is 32.1. The van der Waals surface area contributed by atoms with Crippen LogP contribution in [0.4, 0.5) is 0 Å². The van der Waals surface area contributed by atoms with E-state index in [-0.39, 0.29) is 0 Å². The average Bonchev–Trinajstić information content (AvgIpc) is 2.88. The summed E-state index contributed by atoms with van der Waals surface area (Å²) in [5, 5.41) is 4.08. The molecule has 1 aromatic heterocycles. The highest BCUT2D eigenvalue weighted by molar-refractivity contribution is 7.11. The molecular weight excluding hydrogens is 312 g/mol. The van der Waals surface area contributed by atoms with Crippen LogP contribution in [-0.2, 0) is 13.1 Å². The SMILES string of the molecule is COc1ccc(CN=C(N)NCc2nc(C)c(C)s2)cc1OC. The van der Waals surface area contributed by atoms with Crippen molar-refractivity contribution in [1.29, 1.82) is 0 Å². The van der Waals surface area contributed by atoms with Gasteiger partial charge in [-0.3, -0.25) is 0 Å². The number of guanidine groups is 1. The van der Waals surface area contributed by atoms with Gasteiger partial charge in [0.05, 0.1) is 33.0 Å². The second-order valence-corrected chi connectivity index (χ2v) is 6.28. The van der Waals surface area contributed by atoms with E-state index in [1.165, 1.54) is 4.88 Å². The molecule has 0 bridgehead atoms. The van der Waals surface area contributed by atoms with Gasteiger partial charge in [-0.15, -0.1) is 11.3 Å². The molecule has 0 aliphatic heterocycles. The second kappa shape index (κ2) is 7.82. The maximum Gasteiger partial charge on any atom is 0.189 e. The normalized spacial score (nSPS) is 11.4. The molecule has 124 valence electrons. The fourth-order valence-corrected chi connectivity index (χ4v) is 2.87. The molecule has 0 fully saturated rings. The van der Waals surface area contributed by atoms with Gasteiger partial charge in [0, 0.05) is 4.88 Å². The Morgan fingerprint density at radius 2 is 2.00 bits per heavy atom. The Bertz CT molecular complexity index is 678. The Balaban J connectivity index is 1.93. The molecule has 0 unspecified atom stereocenters. The van der Waals surface area contributed by atoms with Crippen LogP contribution in [0.1, 0.15) is 21.1 Å². The number of methoxy groups -OCH3 is 2. The molecular formula is C16H22N4O2S. The summed E-state index contributed by atoms with van der Waals surface area (Å²) in [7, 11) is 3.22. The van der Waals surface area contributed by atoms with E-state index in [1.54, 1.807) is 25.6 Å². The summed E-state index contributed by atoms with van der Waals surface area (Å²) >= 11 is 1.67. The van der Waals surface area contributed by atoms with Crippen molar-refractivity contribution >= 4 is 17.3 Å². The van der Waals surface area contributed by atoms with Crippen molar-refractivity contribution in [2.45, 2.75) is 26.9 Å². The molecule has 0 radical (unpaired) electrons. The summed E-state index contributed by atoms with van der Waals surface area (Å²) in [5.41, 5.74) is 7.96. The minimum absolute atomic E-state index is 0.394. The summed E-state index contributed by atoms with van der Waals surface area (Å²) in [5.74, 6) is 1.77. The number of nitrogens with two attached hydrogens (primary N) is 1. The number of nitrogens with zero attached hydrogens (tertiary/aromatic N) is 2. The van der Waals surface area contributed by atoms with Gasteiger partial charge in [-0.2, -0.15) is 0 Å². The van der Waals surface area contributed by atoms with Gasteiger partial charge in [-0.05, 0) is 31.5 Å². The van der Waals surface area contributed by atoms with Crippen LogP contribution in [0, 0.1) is 13.8 Å². The minimum Gasteiger partial charge on any atom is -0.493 e. The van der Waals surface area contributed by atoms with Crippen molar-refractivity contribution in [3.05, 3.63) is 39.3 Å². The molecule has 1 aromatic carbocycles. The number of benzene rings is 1. The monoisotopic (exact) mass is 334 g/mol. The van der Waals surface area contributed by atoms with Crippen molar-refractivity contribution < 1.29 is 9.47 Å². The zero-order valence-corrected chi connectivity index (χ0v) is 14.7. The molecule has 0 amide bonds. The second-order valence-electron chi connectivity index (χ2n) is 4.99. The summed E-state index contributed by atoms with van der Waals surface area (Å²) in [6, 6.07) is 5.68. The number of nitrogens with one attached hydrogen (secondary N) is 1.